The van der Waals surface area contributed by atoms with Gasteiger partial charge in [0.15, 0.2) is 0 Å². The Morgan fingerprint density at radius 1 is 1.35 bits per heavy atom. The van der Waals surface area contributed by atoms with Gasteiger partial charge in [0.25, 0.3) is 0 Å². The van der Waals surface area contributed by atoms with Crippen molar-refractivity contribution in [3.63, 3.8) is 0 Å². The van der Waals surface area contributed by atoms with E-state index in [1.54, 1.807) is 7.11 Å². The first-order chi connectivity index (χ1) is 9.74. The largest absolute Gasteiger partial charge is 0.497 e. The van der Waals surface area contributed by atoms with Gasteiger partial charge in [0.05, 0.1) is 13.2 Å². The summed E-state index contributed by atoms with van der Waals surface area (Å²) in [5.41, 5.74) is 1.13. The van der Waals surface area contributed by atoms with Crippen LogP contribution >= 0.6 is 0 Å². The van der Waals surface area contributed by atoms with Crippen molar-refractivity contribution < 1.29 is 9.53 Å². The number of allylic oxidation sites excluding steroid dienone is 2. The fourth-order valence-electron chi connectivity index (χ4n) is 2.58. The molecule has 0 saturated carbocycles. The average Bonchev–Trinajstić information content (AvgIpc) is 2.53. The van der Waals surface area contributed by atoms with E-state index in [1.165, 1.54) is 0 Å². The number of carbonyl (C=O) groups is 1. The number of hydrogen-bond acceptors (Lipinski definition) is 2. The van der Waals surface area contributed by atoms with E-state index in [1.807, 2.05) is 24.3 Å². The molecule has 3 heteroatoms. The Hall–Kier alpha value is -1.77. The summed E-state index contributed by atoms with van der Waals surface area (Å²) in [5, 5.41) is 3.18. The zero-order valence-electron chi connectivity index (χ0n) is 12.3. The van der Waals surface area contributed by atoms with Gasteiger partial charge in [0.2, 0.25) is 5.91 Å². The molecule has 3 nitrogen and oxygen atoms in total. The van der Waals surface area contributed by atoms with E-state index < -0.39 is 0 Å². The predicted octanol–water partition coefficient (Wildman–Crippen LogP) is 3.62. The summed E-state index contributed by atoms with van der Waals surface area (Å²) >= 11 is 0. The van der Waals surface area contributed by atoms with Gasteiger partial charge in [-0.2, -0.15) is 0 Å². The molecule has 2 atom stereocenters. The SMILES string of the molecule is CCC(NC(=O)C1CC=CCC1)c1ccc(OC)cc1. The van der Waals surface area contributed by atoms with Gasteiger partial charge >= 0.3 is 0 Å². The van der Waals surface area contributed by atoms with Crippen LogP contribution in [0.15, 0.2) is 36.4 Å². The molecule has 0 heterocycles. The van der Waals surface area contributed by atoms with Crippen molar-refractivity contribution >= 4 is 5.91 Å². The van der Waals surface area contributed by atoms with Crippen LogP contribution in [0.25, 0.3) is 0 Å². The lowest BCUT2D eigenvalue weighted by atomic mass is 9.93. The Morgan fingerprint density at radius 3 is 2.65 bits per heavy atom. The van der Waals surface area contributed by atoms with E-state index in [4.69, 9.17) is 4.74 Å². The molecule has 1 aromatic carbocycles. The van der Waals surface area contributed by atoms with E-state index >= 15 is 0 Å². The smallest absolute Gasteiger partial charge is 0.223 e. The minimum atomic E-state index is 0.0827. The molecule has 0 aromatic heterocycles. The van der Waals surface area contributed by atoms with E-state index in [-0.39, 0.29) is 17.9 Å². The Morgan fingerprint density at radius 2 is 2.10 bits per heavy atom. The second kappa shape index (κ2) is 7.13. The summed E-state index contributed by atoms with van der Waals surface area (Å²) in [6, 6.07) is 8.00. The standard InChI is InChI=1S/C17H23NO2/c1-3-16(13-9-11-15(20-2)12-10-13)18-17(19)14-7-5-4-6-8-14/h4-5,9-12,14,16H,3,6-8H2,1-2H3,(H,18,19). The minimum Gasteiger partial charge on any atom is -0.497 e. The normalized spacial score (nSPS) is 19.4. The van der Waals surface area contributed by atoms with Crippen molar-refractivity contribution in [3.05, 3.63) is 42.0 Å². The molecule has 20 heavy (non-hydrogen) atoms. The van der Waals surface area contributed by atoms with Crippen LogP contribution in [0.3, 0.4) is 0 Å². The second-order valence-electron chi connectivity index (χ2n) is 5.22. The number of benzene rings is 1. The maximum Gasteiger partial charge on any atom is 0.223 e. The third kappa shape index (κ3) is 3.62. The molecule has 0 fully saturated rings. The van der Waals surface area contributed by atoms with Crippen molar-refractivity contribution in [3.8, 4) is 5.75 Å². The molecule has 1 aliphatic carbocycles. The first-order valence-corrected chi connectivity index (χ1v) is 7.34. The Bertz CT molecular complexity index is 464. The van der Waals surface area contributed by atoms with Gasteiger partial charge < -0.3 is 10.1 Å². The van der Waals surface area contributed by atoms with Gasteiger partial charge in [-0.15, -0.1) is 0 Å². The summed E-state index contributed by atoms with van der Waals surface area (Å²) in [4.78, 5) is 12.3. The van der Waals surface area contributed by atoms with Crippen molar-refractivity contribution in [2.75, 3.05) is 7.11 Å². The predicted molar refractivity (Wildman–Crippen MR) is 80.6 cm³/mol. The van der Waals surface area contributed by atoms with Gasteiger partial charge in [0.1, 0.15) is 5.75 Å². The van der Waals surface area contributed by atoms with Crippen molar-refractivity contribution in [1.82, 2.24) is 5.32 Å². The van der Waals surface area contributed by atoms with Crippen LogP contribution in [-0.4, -0.2) is 13.0 Å². The third-order valence-corrected chi connectivity index (χ3v) is 3.88. The number of rotatable bonds is 5. The minimum absolute atomic E-state index is 0.0827. The van der Waals surface area contributed by atoms with E-state index in [9.17, 15) is 4.79 Å². The average molecular weight is 273 g/mol. The molecule has 1 N–H and O–H groups in total. The summed E-state index contributed by atoms with van der Waals surface area (Å²) in [5.74, 6) is 1.15. The summed E-state index contributed by atoms with van der Waals surface area (Å²) < 4.78 is 5.16. The molecule has 0 aliphatic heterocycles. The molecule has 1 aromatic rings. The van der Waals surface area contributed by atoms with Crippen molar-refractivity contribution in [2.45, 2.75) is 38.6 Å². The highest BCUT2D eigenvalue weighted by atomic mass is 16.5. The van der Waals surface area contributed by atoms with Gasteiger partial charge in [-0.05, 0) is 43.4 Å². The zero-order chi connectivity index (χ0) is 14.4. The molecule has 0 saturated heterocycles. The quantitative estimate of drug-likeness (QED) is 0.832. The first kappa shape index (κ1) is 14.6. The lowest BCUT2D eigenvalue weighted by Crippen LogP contribution is -2.34. The number of carbonyl (C=O) groups excluding carboxylic acids is 1. The number of hydrogen-bond donors (Lipinski definition) is 1. The molecule has 1 aliphatic rings. The van der Waals surface area contributed by atoms with Crippen molar-refractivity contribution in [1.29, 1.82) is 0 Å². The fraction of sp³-hybridized carbons (Fsp3) is 0.471. The summed E-state index contributed by atoms with van der Waals surface area (Å²) in [7, 11) is 1.66. The summed E-state index contributed by atoms with van der Waals surface area (Å²) in [6.45, 7) is 2.09. The summed E-state index contributed by atoms with van der Waals surface area (Å²) in [6.07, 6.45) is 8.00. The number of methoxy groups -OCH3 is 1. The third-order valence-electron chi connectivity index (χ3n) is 3.88. The van der Waals surface area contributed by atoms with E-state index in [2.05, 4.69) is 24.4 Å². The highest BCUT2D eigenvalue weighted by molar-refractivity contribution is 5.79. The monoisotopic (exact) mass is 273 g/mol. The lowest BCUT2D eigenvalue weighted by Gasteiger charge is -2.23. The fourth-order valence-corrected chi connectivity index (χ4v) is 2.58. The molecule has 0 spiro atoms. The zero-order valence-corrected chi connectivity index (χ0v) is 12.3. The molecule has 2 unspecified atom stereocenters. The van der Waals surface area contributed by atoms with Gasteiger partial charge in [-0.1, -0.05) is 31.2 Å². The van der Waals surface area contributed by atoms with Gasteiger partial charge in [0, 0.05) is 5.92 Å². The molecule has 2 rings (SSSR count). The number of amides is 1. The number of nitrogens with one attached hydrogen (secondary N) is 1. The van der Waals surface area contributed by atoms with E-state index in [0.717, 1.165) is 37.0 Å². The molecular formula is C17H23NO2. The first-order valence-electron chi connectivity index (χ1n) is 7.34. The van der Waals surface area contributed by atoms with Crippen LogP contribution in [0.2, 0.25) is 0 Å². The van der Waals surface area contributed by atoms with Gasteiger partial charge in [-0.25, -0.2) is 0 Å². The van der Waals surface area contributed by atoms with Crippen LogP contribution in [0, 0.1) is 5.92 Å². The molecule has 0 radical (unpaired) electrons. The highest BCUT2D eigenvalue weighted by Crippen LogP contribution is 2.23. The Kier molecular flexibility index (Phi) is 5.22. The molecular weight excluding hydrogens is 250 g/mol. The van der Waals surface area contributed by atoms with Gasteiger partial charge in [-0.3, -0.25) is 4.79 Å². The van der Waals surface area contributed by atoms with Crippen LogP contribution < -0.4 is 10.1 Å². The molecule has 108 valence electrons. The maximum absolute atomic E-state index is 12.3. The van der Waals surface area contributed by atoms with Crippen LogP contribution in [-0.2, 0) is 4.79 Å². The van der Waals surface area contributed by atoms with E-state index in [0.29, 0.717) is 0 Å². The Labute approximate surface area is 121 Å². The van der Waals surface area contributed by atoms with Crippen molar-refractivity contribution in [2.24, 2.45) is 5.92 Å². The van der Waals surface area contributed by atoms with Crippen LogP contribution in [0.1, 0.15) is 44.2 Å². The maximum atomic E-state index is 12.3. The Balaban J connectivity index is 2.00. The topological polar surface area (TPSA) is 38.3 Å². The highest BCUT2D eigenvalue weighted by Gasteiger charge is 2.21. The molecule has 1 amide bonds. The van der Waals surface area contributed by atoms with Crippen LogP contribution in [0.5, 0.6) is 5.75 Å². The molecule has 0 bridgehead atoms. The van der Waals surface area contributed by atoms with Crippen LogP contribution in [0.4, 0.5) is 0 Å². The number of ether oxygens (including phenoxy) is 1. The lowest BCUT2D eigenvalue weighted by molar-refractivity contribution is -0.126. The second-order valence-corrected chi connectivity index (χ2v) is 5.22.